The summed E-state index contributed by atoms with van der Waals surface area (Å²) in [6.07, 6.45) is 7.14. The van der Waals surface area contributed by atoms with Crippen LogP contribution in [-0.4, -0.2) is 21.5 Å². The topological polar surface area (TPSA) is 38.1 Å². The Kier molecular flexibility index (Phi) is 4.82. The van der Waals surface area contributed by atoms with Gasteiger partial charge in [0.2, 0.25) is 0 Å². The summed E-state index contributed by atoms with van der Waals surface area (Å²) in [6.45, 7) is 4.71. The molecule has 0 saturated heterocycles. The fourth-order valence-electron chi connectivity index (χ4n) is 1.92. The molecule has 1 unspecified atom stereocenters. The van der Waals surface area contributed by atoms with E-state index < -0.39 is 0 Å². The Morgan fingerprint density at radius 3 is 2.67 bits per heavy atom. The van der Waals surface area contributed by atoms with Crippen molar-refractivity contribution < 1.29 is 5.11 Å². The van der Waals surface area contributed by atoms with Crippen LogP contribution in [0, 0.1) is 11.8 Å². The fourth-order valence-corrected chi connectivity index (χ4v) is 1.92. The molecule has 1 atom stereocenters. The molecule has 0 aromatic carbocycles. The van der Waals surface area contributed by atoms with Crippen molar-refractivity contribution in [2.24, 2.45) is 18.9 Å². The van der Waals surface area contributed by atoms with Gasteiger partial charge in [-0.2, -0.15) is 5.10 Å². The van der Waals surface area contributed by atoms with E-state index in [1.165, 1.54) is 5.56 Å². The van der Waals surface area contributed by atoms with Crippen molar-refractivity contribution in [3.63, 3.8) is 0 Å². The molecule has 0 fully saturated rings. The molecule has 0 aliphatic heterocycles. The summed E-state index contributed by atoms with van der Waals surface area (Å²) < 4.78 is 1.83. The average molecular weight is 210 g/mol. The van der Waals surface area contributed by atoms with Gasteiger partial charge < -0.3 is 5.11 Å². The van der Waals surface area contributed by atoms with Crippen molar-refractivity contribution in [3.05, 3.63) is 18.0 Å². The zero-order chi connectivity index (χ0) is 11.3. The summed E-state index contributed by atoms with van der Waals surface area (Å²) >= 11 is 0. The van der Waals surface area contributed by atoms with Gasteiger partial charge in [-0.3, -0.25) is 4.68 Å². The van der Waals surface area contributed by atoms with Crippen LogP contribution in [-0.2, 0) is 13.5 Å². The summed E-state index contributed by atoms with van der Waals surface area (Å²) in [5, 5.41) is 13.4. The normalized spacial score (nSPS) is 13.4. The number of hydrogen-bond acceptors (Lipinski definition) is 2. The number of nitrogens with zero attached hydrogens (tertiary/aromatic N) is 2. The molecule has 0 saturated carbocycles. The first-order chi connectivity index (χ1) is 7.11. The highest BCUT2D eigenvalue weighted by Crippen LogP contribution is 2.17. The standard InChI is InChI=1S/C12H22N2O/c1-10(2)6-11(9-15)4-5-12-7-13-14(3)8-12/h7-8,10-11,15H,4-6,9H2,1-3H3. The Morgan fingerprint density at radius 2 is 2.20 bits per heavy atom. The van der Waals surface area contributed by atoms with Crippen LogP contribution >= 0.6 is 0 Å². The van der Waals surface area contributed by atoms with Gasteiger partial charge in [-0.05, 0) is 36.7 Å². The monoisotopic (exact) mass is 210 g/mol. The molecule has 1 N–H and O–H groups in total. The van der Waals surface area contributed by atoms with Crippen molar-refractivity contribution >= 4 is 0 Å². The second kappa shape index (κ2) is 5.91. The van der Waals surface area contributed by atoms with Crippen LogP contribution < -0.4 is 0 Å². The largest absolute Gasteiger partial charge is 0.396 e. The third-order valence-electron chi connectivity index (χ3n) is 2.66. The van der Waals surface area contributed by atoms with Crippen molar-refractivity contribution in [1.29, 1.82) is 0 Å². The number of rotatable bonds is 6. The predicted octanol–water partition coefficient (Wildman–Crippen LogP) is 2.01. The summed E-state index contributed by atoms with van der Waals surface area (Å²) in [5.41, 5.74) is 1.26. The number of aryl methyl sites for hydroxylation is 2. The number of aliphatic hydroxyl groups is 1. The van der Waals surface area contributed by atoms with E-state index in [0.29, 0.717) is 18.4 Å². The van der Waals surface area contributed by atoms with E-state index >= 15 is 0 Å². The Balaban J connectivity index is 2.34. The third-order valence-corrected chi connectivity index (χ3v) is 2.66. The van der Waals surface area contributed by atoms with Crippen LogP contribution in [0.4, 0.5) is 0 Å². The van der Waals surface area contributed by atoms with Gasteiger partial charge in [-0.25, -0.2) is 0 Å². The first kappa shape index (κ1) is 12.2. The van der Waals surface area contributed by atoms with Gasteiger partial charge in [0, 0.05) is 19.9 Å². The van der Waals surface area contributed by atoms with Gasteiger partial charge in [0.25, 0.3) is 0 Å². The van der Waals surface area contributed by atoms with Gasteiger partial charge in [-0.15, -0.1) is 0 Å². The molecular weight excluding hydrogens is 188 g/mol. The molecule has 0 aliphatic carbocycles. The van der Waals surface area contributed by atoms with E-state index in [1.54, 1.807) is 0 Å². The fraction of sp³-hybridized carbons (Fsp3) is 0.750. The molecule has 1 heterocycles. The lowest BCUT2D eigenvalue weighted by Gasteiger charge is -2.15. The Hall–Kier alpha value is -0.830. The smallest absolute Gasteiger partial charge is 0.0521 e. The highest BCUT2D eigenvalue weighted by molar-refractivity contribution is 5.03. The summed E-state index contributed by atoms with van der Waals surface area (Å²) in [5.74, 6) is 1.10. The summed E-state index contributed by atoms with van der Waals surface area (Å²) in [7, 11) is 1.93. The van der Waals surface area contributed by atoms with Crippen molar-refractivity contribution in [2.45, 2.75) is 33.1 Å². The van der Waals surface area contributed by atoms with Crippen molar-refractivity contribution in [1.82, 2.24) is 9.78 Å². The Bertz CT molecular complexity index is 281. The van der Waals surface area contributed by atoms with E-state index in [9.17, 15) is 5.11 Å². The molecule has 1 aromatic rings. The van der Waals surface area contributed by atoms with Gasteiger partial charge in [0.05, 0.1) is 6.20 Å². The first-order valence-electron chi connectivity index (χ1n) is 5.70. The van der Waals surface area contributed by atoms with Crippen LogP contribution in [0.5, 0.6) is 0 Å². The number of aliphatic hydroxyl groups excluding tert-OH is 1. The number of hydrogen-bond donors (Lipinski definition) is 1. The van der Waals surface area contributed by atoms with Gasteiger partial charge in [0.1, 0.15) is 0 Å². The molecule has 0 aliphatic rings. The van der Waals surface area contributed by atoms with Crippen LogP contribution in [0.3, 0.4) is 0 Å². The maximum absolute atomic E-state index is 9.24. The minimum atomic E-state index is 0.304. The maximum Gasteiger partial charge on any atom is 0.0521 e. The van der Waals surface area contributed by atoms with E-state index in [4.69, 9.17) is 0 Å². The molecule has 0 spiro atoms. The molecular formula is C12H22N2O. The van der Waals surface area contributed by atoms with Crippen LogP contribution in [0.1, 0.15) is 32.3 Å². The SMILES string of the molecule is CC(C)CC(CO)CCc1cnn(C)c1. The molecule has 86 valence electrons. The molecule has 3 heteroatoms. The minimum absolute atomic E-state index is 0.304. The first-order valence-corrected chi connectivity index (χ1v) is 5.70. The van der Waals surface area contributed by atoms with Crippen molar-refractivity contribution in [2.75, 3.05) is 6.61 Å². The zero-order valence-electron chi connectivity index (χ0n) is 9.98. The van der Waals surface area contributed by atoms with E-state index in [2.05, 4.69) is 18.9 Å². The minimum Gasteiger partial charge on any atom is -0.396 e. The molecule has 0 amide bonds. The maximum atomic E-state index is 9.24. The summed E-state index contributed by atoms with van der Waals surface area (Å²) in [6, 6.07) is 0. The lowest BCUT2D eigenvalue weighted by Crippen LogP contribution is -2.10. The average Bonchev–Trinajstić information content (AvgIpc) is 2.58. The van der Waals surface area contributed by atoms with Crippen LogP contribution in [0.15, 0.2) is 12.4 Å². The Morgan fingerprint density at radius 1 is 1.47 bits per heavy atom. The Labute approximate surface area is 92.1 Å². The number of aromatic nitrogens is 2. The summed E-state index contributed by atoms with van der Waals surface area (Å²) in [4.78, 5) is 0. The second-order valence-electron chi connectivity index (χ2n) is 4.74. The highest BCUT2D eigenvalue weighted by Gasteiger charge is 2.10. The lowest BCUT2D eigenvalue weighted by molar-refractivity contribution is 0.198. The molecule has 15 heavy (non-hydrogen) atoms. The highest BCUT2D eigenvalue weighted by atomic mass is 16.3. The lowest BCUT2D eigenvalue weighted by atomic mass is 9.92. The van der Waals surface area contributed by atoms with Crippen LogP contribution in [0.25, 0.3) is 0 Å². The molecule has 1 rings (SSSR count). The van der Waals surface area contributed by atoms with E-state index in [-0.39, 0.29) is 0 Å². The van der Waals surface area contributed by atoms with Crippen LogP contribution in [0.2, 0.25) is 0 Å². The van der Waals surface area contributed by atoms with E-state index in [1.807, 2.05) is 24.1 Å². The zero-order valence-corrected chi connectivity index (χ0v) is 9.98. The molecule has 1 aromatic heterocycles. The second-order valence-corrected chi connectivity index (χ2v) is 4.74. The molecule has 3 nitrogen and oxygen atoms in total. The van der Waals surface area contributed by atoms with Gasteiger partial charge in [-0.1, -0.05) is 13.8 Å². The van der Waals surface area contributed by atoms with E-state index in [0.717, 1.165) is 19.3 Å². The predicted molar refractivity (Wildman–Crippen MR) is 61.6 cm³/mol. The van der Waals surface area contributed by atoms with Gasteiger partial charge in [0.15, 0.2) is 0 Å². The molecule has 0 radical (unpaired) electrons. The van der Waals surface area contributed by atoms with Gasteiger partial charge >= 0.3 is 0 Å². The molecule has 0 bridgehead atoms. The third kappa shape index (κ3) is 4.47. The van der Waals surface area contributed by atoms with Crippen molar-refractivity contribution in [3.8, 4) is 0 Å². The quantitative estimate of drug-likeness (QED) is 0.780.